The molecule has 0 unspecified atom stereocenters. The lowest BCUT2D eigenvalue weighted by Gasteiger charge is -1.94. The van der Waals surface area contributed by atoms with Crippen molar-refractivity contribution in [1.82, 2.24) is 9.97 Å². The summed E-state index contributed by atoms with van der Waals surface area (Å²) >= 11 is 0. The van der Waals surface area contributed by atoms with Crippen molar-refractivity contribution in [2.75, 3.05) is 0 Å². The van der Waals surface area contributed by atoms with Crippen LogP contribution in [0.15, 0.2) is 6.33 Å². The zero-order valence-electron chi connectivity index (χ0n) is 7.05. The van der Waals surface area contributed by atoms with Crippen molar-refractivity contribution in [3.63, 3.8) is 0 Å². The van der Waals surface area contributed by atoms with E-state index in [2.05, 4.69) is 9.97 Å². The van der Waals surface area contributed by atoms with Crippen molar-refractivity contribution in [1.29, 1.82) is 0 Å². The summed E-state index contributed by atoms with van der Waals surface area (Å²) < 4.78 is 0. The molecule has 0 atom stereocenters. The Balaban J connectivity index is 2.91. The third-order valence-corrected chi connectivity index (χ3v) is 1.48. The molecule has 0 amide bonds. The smallest absolute Gasteiger partial charge is 0.179 e. The van der Waals surface area contributed by atoms with Gasteiger partial charge in [-0.25, -0.2) is 4.98 Å². The van der Waals surface area contributed by atoms with E-state index in [0.29, 0.717) is 11.4 Å². The number of nitrogens with zero attached hydrogens (tertiary/aromatic N) is 1. The van der Waals surface area contributed by atoms with Gasteiger partial charge in [-0.3, -0.25) is 9.59 Å². The van der Waals surface area contributed by atoms with Crippen LogP contribution in [0, 0.1) is 0 Å². The molecule has 4 nitrogen and oxygen atoms in total. The van der Waals surface area contributed by atoms with E-state index in [9.17, 15) is 9.59 Å². The molecular formula is C8H10N2O2. The van der Waals surface area contributed by atoms with E-state index in [1.807, 2.05) is 0 Å². The topological polar surface area (TPSA) is 62.8 Å². The van der Waals surface area contributed by atoms with Gasteiger partial charge in [-0.05, 0) is 6.92 Å². The molecule has 0 saturated heterocycles. The van der Waals surface area contributed by atoms with Gasteiger partial charge in [0.05, 0.1) is 12.0 Å². The second kappa shape index (κ2) is 3.30. The summed E-state index contributed by atoms with van der Waals surface area (Å²) in [4.78, 5) is 28.2. The molecule has 0 spiro atoms. The molecule has 1 aromatic rings. The maximum Gasteiger partial charge on any atom is 0.179 e. The Hall–Kier alpha value is -1.45. The van der Waals surface area contributed by atoms with Gasteiger partial charge in [0.25, 0.3) is 0 Å². The molecule has 64 valence electrons. The fraction of sp³-hybridized carbons (Fsp3) is 0.375. The molecular weight excluding hydrogens is 156 g/mol. The molecule has 0 aliphatic heterocycles. The summed E-state index contributed by atoms with van der Waals surface area (Å²) in [5.41, 5.74) is 0.972. The van der Waals surface area contributed by atoms with Crippen LogP contribution in [0.5, 0.6) is 0 Å². The van der Waals surface area contributed by atoms with Crippen LogP contribution in [-0.4, -0.2) is 21.5 Å². The Morgan fingerprint density at radius 3 is 2.67 bits per heavy atom. The zero-order chi connectivity index (χ0) is 9.14. The lowest BCUT2D eigenvalue weighted by molar-refractivity contribution is -0.116. The van der Waals surface area contributed by atoms with Crippen LogP contribution in [0.3, 0.4) is 0 Å². The fourth-order valence-electron chi connectivity index (χ4n) is 1.01. The number of H-pyrrole nitrogens is 1. The van der Waals surface area contributed by atoms with E-state index in [4.69, 9.17) is 0 Å². The predicted molar refractivity (Wildman–Crippen MR) is 43.0 cm³/mol. The normalized spacial score (nSPS) is 9.83. The monoisotopic (exact) mass is 166 g/mol. The van der Waals surface area contributed by atoms with Gasteiger partial charge in [0, 0.05) is 13.3 Å². The Kier molecular flexibility index (Phi) is 2.38. The number of hydrogen-bond donors (Lipinski definition) is 1. The van der Waals surface area contributed by atoms with Gasteiger partial charge in [0.2, 0.25) is 0 Å². The van der Waals surface area contributed by atoms with Gasteiger partial charge < -0.3 is 4.98 Å². The second-order valence-electron chi connectivity index (χ2n) is 2.66. The lowest BCUT2D eigenvalue weighted by atomic mass is 10.1. The Morgan fingerprint density at radius 2 is 2.17 bits per heavy atom. The van der Waals surface area contributed by atoms with E-state index < -0.39 is 0 Å². The third-order valence-electron chi connectivity index (χ3n) is 1.48. The van der Waals surface area contributed by atoms with Crippen LogP contribution in [0.2, 0.25) is 0 Å². The van der Waals surface area contributed by atoms with Crippen LogP contribution in [0.4, 0.5) is 0 Å². The average molecular weight is 166 g/mol. The molecule has 12 heavy (non-hydrogen) atoms. The number of nitrogens with one attached hydrogen (secondary N) is 1. The highest BCUT2D eigenvalue weighted by atomic mass is 16.1. The number of ketones is 2. The summed E-state index contributed by atoms with van der Waals surface area (Å²) in [6, 6.07) is 0. The molecule has 1 rings (SSSR count). The number of imidazole rings is 1. The first-order valence-corrected chi connectivity index (χ1v) is 3.64. The molecule has 0 radical (unpaired) electrons. The van der Waals surface area contributed by atoms with E-state index in [1.165, 1.54) is 20.2 Å². The van der Waals surface area contributed by atoms with Gasteiger partial charge >= 0.3 is 0 Å². The molecule has 1 aromatic heterocycles. The van der Waals surface area contributed by atoms with Crippen LogP contribution >= 0.6 is 0 Å². The highest BCUT2D eigenvalue weighted by molar-refractivity contribution is 5.94. The summed E-state index contributed by atoms with van der Waals surface area (Å²) in [5, 5.41) is 0. The minimum atomic E-state index is -0.118. The maximum atomic E-state index is 10.9. The summed E-state index contributed by atoms with van der Waals surface area (Å²) in [7, 11) is 0. The zero-order valence-corrected chi connectivity index (χ0v) is 7.05. The van der Waals surface area contributed by atoms with Gasteiger partial charge in [0.1, 0.15) is 11.5 Å². The molecule has 0 saturated carbocycles. The Morgan fingerprint density at radius 1 is 1.50 bits per heavy atom. The average Bonchev–Trinajstić information content (AvgIpc) is 2.33. The largest absolute Gasteiger partial charge is 0.348 e. The van der Waals surface area contributed by atoms with E-state index in [-0.39, 0.29) is 18.0 Å². The van der Waals surface area contributed by atoms with Crippen LogP contribution in [0.25, 0.3) is 0 Å². The summed E-state index contributed by atoms with van der Waals surface area (Å²) in [5.74, 6) is -0.103. The number of aromatic amines is 1. The first-order chi connectivity index (χ1) is 5.61. The number of aromatic nitrogens is 2. The van der Waals surface area contributed by atoms with Crippen LogP contribution in [-0.2, 0) is 11.2 Å². The summed E-state index contributed by atoms with van der Waals surface area (Å²) in [6.07, 6.45) is 1.67. The Labute approximate surface area is 70.0 Å². The van der Waals surface area contributed by atoms with Gasteiger partial charge in [0.15, 0.2) is 5.78 Å². The van der Waals surface area contributed by atoms with Crippen molar-refractivity contribution < 1.29 is 9.59 Å². The fourth-order valence-corrected chi connectivity index (χ4v) is 1.01. The Bertz CT molecular complexity index is 315. The highest BCUT2D eigenvalue weighted by Crippen LogP contribution is 2.04. The van der Waals surface area contributed by atoms with E-state index in [0.717, 1.165) is 0 Å². The second-order valence-corrected chi connectivity index (χ2v) is 2.66. The minimum absolute atomic E-state index is 0.0155. The molecule has 1 N–H and O–H groups in total. The molecule has 0 bridgehead atoms. The van der Waals surface area contributed by atoms with Gasteiger partial charge in [-0.1, -0.05) is 0 Å². The number of rotatable bonds is 3. The maximum absolute atomic E-state index is 10.9. The number of carbonyl (C=O) groups is 2. The van der Waals surface area contributed by atoms with Crippen molar-refractivity contribution in [3.8, 4) is 0 Å². The highest BCUT2D eigenvalue weighted by Gasteiger charge is 2.10. The quantitative estimate of drug-likeness (QED) is 0.674. The molecule has 1 heterocycles. The lowest BCUT2D eigenvalue weighted by Crippen LogP contribution is -2.03. The minimum Gasteiger partial charge on any atom is -0.348 e. The third kappa shape index (κ3) is 1.78. The van der Waals surface area contributed by atoms with E-state index >= 15 is 0 Å². The molecule has 0 aliphatic rings. The van der Waals surface area contributed by atoms with Crippen LogP contribution in [0.1, 0.15) is 30.0 Å². The molecule has 0 aromatic carbocycles. The van der Waals surface area contributed by atoms with Gasteiger partial charge in [-0.15, -0.1) is 0 Å². The van der Waals surface area contributed by atoms with Crippen molar-refractivity contribution in [2.24, 2.45) is 0 Å². The number of carbonyl (C=O) groups excluding carboxylic acids is 2. The number of Topliss-reactive ketones (excluding diaryl/α,β-unsaturated/α-hetero) is 2. The number of hydrogen-bond acceptors (Lipinski definition) is 3. The first kappa shape index (κ1) is 8.64. The predicted octanol–water partition coefficient (Wildman–Crippen LogP) is 0.744. The van der Waals surface area contributed by atoms with Crippen molar-refractivity contribution >= 4 is 11.6 Å². The van der Waals surface area contributed by atoms with Gasteiger partial charge in [-0.2, -0.15) is 0 Å². The molecule has 0 aliphatic carbocycles. The standard InChI is InChI=1S/C8H10N2O2/c1-5(11)3-7-8(6(2)12)10-4-9-7/h4H,3H2,1-2H3,(H,9,10). The SMILES string of the molecule is CC(=O)Cc1[nH]cnc1C(C)=O. The first-order valence-electron chi connectivity index (χ1n) is 3.64. The molecule has 4 heteroatoms. The molecule has 0 fully saturated rings. The summed E-state index contributed by atoms with van der Waals surface area (Å²) in [6.45, 7) is 2.91. The van der Waals surface area contributed by atoms with Crippen molar-refractivity contribution in [3.05, 3.63) is 17.7 Å². The van der Waals surface area contributed by atoms with Crippen molar-refractivity contribution in [2.45, 2.75) is 20.3 Å². The van der Waals surface area contributed by atoms with Crippen LogP contribution < -0.4 is 0 Å². The van der Waals surface area contributed by atoms with E-state index in [1.54, 1.807) is 0 Å².